The molecule has 0 unspecified atom stereocenters. The SMILES string of the molecule is S=C(N/N=C/c1ccccc1)Nc1nc2ccc(Cl)cc2s1. The fourth-order valence-electron chi connectivity index (χ4n) is 1.78. The molecule has 7 heteroatoms. The van der Waals surface area contributed by atoms with Crippen LogP contribution in [0.1, 0.15) is 5.56 Å². The lowest BCUT2D eigenvalue weighted by Gasteiger charge is -2.02. The summed E-state index contributed by atoms with van der Waals surface area (Å²) in [4.78, 5) is 4.43. The van der Waals surface area contributed by atoms with Crippen LogP contribution >= 0.6 is 35.2 Å². The topological polar surface area (TPSA) is 49.3 Å². The molecule has 3 rings (SSSR count). The first-order chi connectivity index (χ1) is 10.7. The summed E-state index contributed by atoms with van der Waals surface area (Å²) in [6.45, 7) is 0. The van der Waals surface area contributed by atoms with Crippen LogP contribution in [0.4, 0.5) is 5.13 Å². The third-order valence-electron chi connectivity index (χ3n) is 2.75. The third kappa shape index (κ3) is 3.79. The zero-order valence-corrected chi connectivity index (χ0v) is 13.7. The van der Waals surface area contributed by atoms with E-state index in [4.69, 9.17) is 23.8 Å². The van der Waals surface area contributed by atoms with E-state index in [0.29, 0.717) is 15.3 Å². The van der Waals surface area contributed by atoms with Crippen LogP contribution in [0.25, 0.3) is 10.2 Å². The summed E-state index contributed by atoms with van der Waals surface area (Å²) < 4.78 is 1.01. The van der Waals surface area contributed by atoms with Crippen LogP contribution in [0.3, 0.4) is 0 Å². The lowest BCUT2D eigenvalue weighted by Crippen LogP contribution is -2.23. The van der Waals surface area contributed by atoms with Crippen molar-refractivity contribution in [2.75, 3.05) is 5.32 Å². The molecule has 0 amide bonds. The second kappa shape index (κ2) is 6.83. The minimum Gasteiger partial charge on any atom is -0.307 e. The molecular weight excluding hydrogens is 336 g/mol. The number of hydrazone groups is 1. The van der Waals surface area contributed by atoms with Gasteiger partial charge in [0.2, 0.25) is 0 Å². The Bertz CT molecular complexity index is 830. The van der Waals surface area contributed by atoms with E-state index in [2.05, 4.69) is 20.8 Å². The van der Waals surface area contributed by atoms with Gasteiger partial charge in [-0.25, -0.2) is 4.98 Å². The van der Waals surface area contributed by atoms with Crippen molar-refractivity contribution in [3.8, 4) is 0 Å². The van der Waals surface area contributed by atoms with Gasteiger partial charge in [-0.15, -0.1) is 0 Å². The van der Waals surface area contributed by atoms with E-state index in [1.54, 1.807) is 6.21 Å². The average molecular weight is 347 g/mol. The van der Waals surface area contributed by atoms with Gasteiger partial charge in [0.1, 0.15) is 0 Å². The molecule has 22 heavy (non-hydrogen) atoms. The Balaban J connectivity index is 1.62. The van der Waals surface area contributed by atoms with Gasteiger partial charge in [-0.05, 0) is 36.0 Å². The molecule has 4 nitrogen and oxygen atoms in total. The van der Waals surface area contributed by atoms with Crippen molar-refractivity contribution >= 4 is 61.8 Å². The van der Waals surface area contributed by atoms with Gasteiger partial charge in [0, 0.05) is 5.02 Å². The average Bonchev–Trinajstić information content (AvgIpc) is 2.89. The molecule has 3 aromatic rings. The highest BCUT2D eigenvalue weighted by molar-refractivity contribution is 7.80. The molecule has 0 aliphatic heterocycles. The van der Waals surface area contributed by atoms with Gasteiger partial charge in [-0.2, -0.15) is 5.10 Å². The number of nitrogens with zero attached hydrogens (tertiary/aromatic N) is 2. The van der Waals surface area contributed by atoms with Crippen molar-refractivity contribution in [1.29, 1.82) is 0 Å². The standard InChI is InChI=1S/C15H11ClN4S2/c16-11-6-7-12-13(8-11)22-15(18-12)19-14(21)20-17-9-10-4-2-1-3-5-10/h1-9H,(H2,18,19,20,21)/b17-9+. The number of hydrogen-bond donors (Lipinski definition) is 2. The molecule has 1 aromatic heterocycles. The van der Waals surface area contributed by atoms with E-state index in [9.17, 15) is 0 Å². The molecule has 2 aromatic carbocycles. The smallest absolute Gasteiger partial charge is 0.193 e. The van der Waals surface area contributed by atoms with Crippen LogP contribution < -0.4 is 10.7 Å². The highest BCUT2D eigenvalue weighted by Crippen LogP contribution is 2.28. The fourth-order valence-corrected chi connectivity index (χ4v) is 3.14. The van der Waals surface area contributed by atoms with Gasteiger partial charge in [-0.3, -0.25) is 5.43 Å². The molecular formula is C15H11ClN4S2. The first-order valence-electron chi connectivity index (χ1n) is 6.42. The maximum atomic E-state index is 5.96. The molecule has 0 aliphatic carbocycles. The number of halogens is 1. The van der Waals surface area contributed by atoms with Crippen molar-refractivity contribution in [1.82, 2.24) is 10.4 Å². The predicted molar refractivity (Wildman–Crippen MR) is 98.0 cm³/mol. The molecule has 0 atom stereocenters. The van der Waals surface area contributed by atoms with Crippen LogP contribution in [0, 0.1) is 0 Å². The first-order valence-corrected chi connectivity index (χ1v) is 8.02. The summed E-state index contributed by atoms with van der Waals surface area (Å²) in [5, 5.41) is 8.87. The van der Waals surface area contributed by atoms with Crippen LogP contribution in [0.15, 0.2) is 53.6 Å². The van der Waals surface area contributed by atoms with Crippen LogP contribution in [-0.2, 0) is 0 Å². The monoisotopic (exact) mass is 346 g/mol. The lowest BCUT2D eigenvalue weighted by atomic mass is 10.2. The molecule has 1 heterocycles. The normalized spacial score (nSPS) is 11.0. The van der Waals surface area contributed by atoms with Crippen LogP contribution in [0.5, 0.6) is 0 Å². The zero-order valence-electron chi connectivity index (χ0n) is 11.3. The number of hydrogen-bond acceptors (Lipinski definition) is 4. The highest BCUT2D eigenvalue weighted by Gasteiger charge is 2.05. The van der Waals surface area contributed by atoms with E-state index >= 15 is 0 Å². The molecule has 0 fully saturated rings. The molecule has 0 saturated carbocycles. The summed E-state index contributed by atoms with van der Waals surface area (Å²) in [5.41, 5.74) is 4.64. The van der Waals surface area contributed by atoms with Crippen molar-refractivity contribution < 1.29 is 0 Å². The second-order valence-electron chi connectivity index (χ2n) is 4.37. The van der Waals surface area contributed by atoms with E-state index in [1.165, 1.54) is 11.3 Å². The number of aromatic nitrogens is 1. The highest BCUT2D eigenvalue weighted by atomic mass is 35.5. The van der Waals surface area contributed by atoms with Crippen LogP contribution in [-0.4, -0.2) is 16.3 Å². The van der Waals surface area contributed by atoms with E-state index < -0.39 is 0 Å². The Morgan fingerprint density at radius 2 is 2.05 bits per heavy atom. The van der Waals surface area contributed by atoms with E-state index in [0.717, 1.165) is 15.8 Å². The van der Waals surface area contributed by atoms with Crippen molar-refractivity contribution in [2.24, 2.45) is 5.10 Å². The number of rotatable bonds is 3. The third-order valence-corrected chi connectivity index (χ3v) is 4.11. The Hall–Kier alpha value is -2.02. The number of thiocarbonyl (C=S) groups is 1. The van der Waals surface area contributed by atoms with E-state index in [-0.39, 0.29) is 0 Å². The maximum Gasteiger partial charge on any atom is 0.193 e. The number of anilines is 1. The first kappa shape index (κ1) is 14.9. The summed E-state index contributed by atoms with van der Waals surface area (Å²) >= 11 is 12.6. The Kier molecular flexibility index (Phi) is 4.62. The minimum atomic E-state index is 0.386. The number of nitrogens with one attached hydrogen (secondary N) is 2. The van der Waals surface area contributed by atoms with Gasteiger partial charge < -0.3 is 5.32 Å². The van der Waals surface area contributed by atoms with Crippen molar-refractivity contribution in [3.05, 3.63) is 59.1 Å². The summed E-state index contributed by atoms with van der Waals surface area (Å²) in [7, 11) is 0. The molecule has 2 N–H and O–H groups in total. The van der Waals surface area contributed by atoms with Crippen LogP contribution in [0.2, 0.25) is 5.02 Å². The number of fused-ring (bicyclic) bond motifs is 1. The summed E-state index contributed by atoms with van der Waals surface area (Å²) in [6.07, 6.45) is 1.70. The largest absolute Gasteiger partial charge is 0.307 e. The van der Waals surface area contributed by atoms with Gasteiger partial charge in [-0.1, -0.05) is 53.3 Å². The quantitative estimate of drug-likeness (QED) is 0.422. The number of benzene rings is 2. The Morgan fingerprint density at radius 3 is 2.86 bits per heavy atom. The van der Waals surface area contributed by atoms with Gasteiger partial charge >= 0.3 is 0 Å². The molecule has 0 spiro atoms. The predicted octanol–water partition coefficient (Wildman–Crippen LogP) is 4.27. The summed E-state index contributed by atoms with van der Waals surface area (Å²) in [6, 6.07) is 15.3. The molecule has 110 valence electrons. The number of thiazole rings is 1. The van der Waals surface area contributed by atoms with Gasteiger partial charge in [0.25, 0.3) is 0 Å². The second-order valence-corrected chi connectivity index (χ2v) is 6.24. The lowest BCUT2D eigenvalue weighted by molar-refractivity contribution is 1.05. The maximum absolute atomic E-state index is 5.96. The van der Waals surface area contributed by atoms with Crippen molar-refractivity contribution in [2.45, 2.75) is 0 Å². The molecule has 0 aliphatic rings. The molecule has 0 bridgehead atoms. The Morgan fingerprint density at radius 1 is 1.23 bits per heavy atom. The fraction of sp³-hybridized carbons (Fsp3) is 0. The van der Waals surface area contributed by atoms with Gasteiger partial charge in [0.05, 0.1) is 16.4 Å². The van der Waals surface area contributed by atoms with E-state index in [1.807, 2.05) is 48.5 Å². The summed E-state index contributed by atoms with van der Waals surface area (Å²) in [5.74, 6) is 0. The van der Waals surface area contributed by atoms with Crippen molar-refractivity contribution in [3.63, 3.8) is 0 Å². The van der Waals surface area contributed by atoms with Gasteiger partial charge in [0.15, 0.2) is 10.2 Å². The molecule has 0 radical (unpaired) electrons. The minimum absolute atomic E-state index is 0.386. The Labute approximate surface area is 141 Å². The zero-order chi connectivity index (χ0) is 15.4. The molecule has 0 saturated heterocycles.